The van der Waals surface area contributed by atoms with E-state index in [-0.39, 0.29) is 12.5 Å². The number of ether oxygens (including phenoxy) is 1. The number of carbonyl (C=O) groups is 1. The number of carbonyl (C=O) groups excluding carboxylic acids is 1. The molecule has 0 bridgehead atoms. The van der Waals surface area contributed by atoms with Crippen LogP contribution in [0.15, 0.2) is 51.4 Å². The highest BCUT2D eigenvalue weighted by Gasteiger charge is 2.07. The van der Waals surface area contributed by atoms with Gasteiger partial charge in [0.25, 0.3) is 5.91 Å². The van der Waals surface area contributed by atoms with Gasteiger partial charge in [0.1, 0.15) is 5.75 Å². The third kappa shape index (κ3) is 4.21. The zero-order valence-corrected chi connectivity index (χ0v) is 15.7. The SMILES string of the molecule is O=C(COc1ccc(Br)cc1Br)NNc1nc2ccccc2s1. The summed E-state index contributed by atoms with van der Waals surface area (Å²) < 4.78 is 8.23. The van der Waals surface area contributed by atoms with Crippen LogP contribution < -0.4 is 15.6 Å². The number of rotatable bonds is 5. The summed E-state index contributed by atoms with van der Waals surface area (Å²) in [7, 11) is 0. The summed E-state index contributed by atoms with van der Waals surface area (Å²) in [6.45, 7) is -0.0991. The number of hydrogen-bond acceptors (Lipinski definition) is 5. The molecule has 2 aromatic carbocycles. The van der Waals surface area contributed by atoms with E-state index in [0.717, 1.165) is 19.2 Å². The maximum Gasteiger partial charge on any atom is 0.276 e. The maximum absolute atomic E-state index is 11.8. The lowest BCUT2D eigenvalue weighted by molar-refractivity contribution is -0.122. The number of aromatic nitrogens is 1. The second kappa shape index (κ2) is 7.29. The Kier molecular flexibility index (Phi) is 5.14. The lowest BCUT2D eigenvalue weighted by Crippen LogP contribution is -2.33. The van der Waals surface area contributed by atoms with Crippen LogP contribution in [0.5, 0.6) is 5.75 Å². The van der Waals surface area contributed by atoms with Gasteiger partial charge in [0, 0.05) is 4.47 Å². The molecule has 2 N–H and O–H groups in total. The normalized spacial score (nSPS) is 10.5. The molecule has 118 valence electrons. The van der Waals surface area contributed by atoms with Crippen LogP contribution >= 0.6 is 43.2 Å². The second-order valence-electron chi connectivity index (χ2n) is 4.52. The Hall–Kier alpha value is -1.64. The number of thiazole rings is 1. The fraction of sp³-hybridized carbons (Fsp3) is 0.0667. The van der Waals surface area contributed by atoms with Crippen molar-refractivity contribution in [3.05, 3.63) is 51.4 Å². The van der Waals surface area contributed by atoms with E-state index in [2.05, 4.69) is 47.7 Å². The standard InChI is InChI=1S/C15H11Br2N3O2S/c16-9-5-6-12(10(17)7-9)22-8-14(21)19-20-15-18-11-3-1-2-4-13(11)23-15/h1-7H,8H2,(H,18,20)(H,19,21). The Balaban J connectivity index is 1.53. The van der Waals surface area contributed by atoms with Crippen LogP contribution in [-0.4, -0.2) is 17.5 Å². The molecule has 0 unspecified atom stereocenters. The zero-order chi connectivity index (χ0) is 16.2. The number of nitrogens with zero attached hydrogens (tertiary/aromatic N) is 1. The Morgan fingerprint density at radius 2 is 2.04 bits per heavy atom. The van der Waals surface area contributed by atoms with Crippen molar-refractivity contribution in [2.75, 3.05) is 12.0 Å². The van der Waals surface area contributed by atoms with Gasteiger partial charge >= 0.3 is 0 Å². The molecular weight excluding hydrogens is 446 g/mol. The van der Waals surface area contributed by atoms with Gasteiger partial charge in [0.2, 0.25) is 5.13 Å². The van der Waals surface area contributed by atoms with Gasteiger partial charge in [-0.05, 0) is 46.3 Å². The lowest BCUT2D eigenvalue weighted by atomic mass is 10.3. The van der Waals surface area contributed by atoms with E-state index in [1.165, 1.54) is 11.3 Å². The highest BCUT2D eigenvalue weighted by Crippen LogP contribution is 2.28. The van der Waals surface area contributed by atoms with Gasteiger partial charge in [-0.1, -0.05) is 39.4 Å². The van der Waals surface area contributed by atoms with Crippen LogP contribution in [-0.2, 0) is 4.79 Å². The predicted molar refractivity (Wildman–Crippen MR) is 98.7 cm³/mol. The smallest absolute Gasteiger partial charge is 0.276 e. The van der Waals surface area contributed by atoms with E-state index in [1.807, 2.05) is 36.4 Å². The molecule has 0 atom stereocenters. The third-order valence-corrected chi connectivity index (χ3v) is 4.92. The number of benzene rings is 2. The quantitative estimate of drug-likeness (QED) is 0.560. The summed E-state index contributed by atoms with van der Waals surface area (Å²) in [5.41, 5.74) is 6.27. The van der Waals surface area contributed by atoms with E-state index in [0.29, 0.717) is 10.9 Å². The molecule has 23 heavy (non-hydrogen) atoms. The number of anilines is 1. The minimum absolute atomic E-state index is 0.0991. The molecule has 0 saturated heterocycles. The number of hydrazine groups is 1. The molecule has 0 saturated carbocycles. The molecule has 5 nitrogen and oxygen atoms in total. The van der Waals surface area contributed by atoms with Crippen molar-refractivity contribution >= 4 is 64.5 Å². The number of amides is 1. The van der Waals surface area contributed by atoms with Gasteiger partial charge in [-0.15, -0.1) is 0 Å². The fourth-order valence-corrected chi connectivity index (χ4v) is 3.80. The Morgan fingerprint density at radius 3 is 2.83 bits per heavy atom. The summed E-state index contributed by atoms with van der Waals surface area (Å²) in [5.74, 6) is 0.308. The second-order valence-corrected chi connectivity index (χ2v) is 7.32. The highest BCUT2D eigenvalue weighted by molar-refractivity contribution is 9.11. The molecule has 8 heteroatoms. The predicted octanol–water partition coefficient (Wildman–Crippen LogP) is 4.34. The Labute approximate surface area is 153 Å². The van der Waals surface area contributed by atoms with Crippen LogP contribution in [0.4, 0.5) is 5.13 Å². The summed E-state index contributed by atoms with van der Waals surface area (Å²) >= 11 is 8.21. The van der Waals surface area contributed by atoms with Crippen molar-refractivity contribution in [3.8, 4) is 5.75 Å². The lowest BCUT2D eigenvalue weighted by Gasteiger charge is -2.09. The summed E-state index contributed by atoms with van der Waals surface area (Å²) in [5, 5.41) is 0.629. The van der Waals surface area contributed by atoms with Crippen LogP contribution in [0.3, 0.4) is 0 Å². The van der Waals surface area contributed by atoms with Gasteiger partial charge in [0.05, 0.1) is 14.7 Å². The van der Waals surface area contributed by atoms with Gasteiger partial charge < -0.3 is 4.74 Å². The molecule has 0 aliphatic heterocycles. The van der Waals surface area contributed by atoms with Gasteiger partial charge in [-0.3, -0.25) is 15.6 Å². The number of para-hydroxylation sites is 1. The summed E-state index contributed by atoms with van der Waals surface area (Å²) in [4.78, 5) is 16.2. The summed E-state index contributed by atoms with van der Waals surface area (Å²) in [6, 6.07) is 13.3. The maximum atomic E-state index is 11.8. The van der Waals surface area contributed by atoms with Crippen LogP contribution in [0, 0.1) is 0 Å². The molecular formula is C15H11Br2N3O2S. The number of fused-ring (bicyclic) bond motifs is 1. The first-order chi connectivity index (χ1) is 11.1. The molecule has 0 fully saturated rings. The molecule has 1 aromatic heterocycles. The zero-order valence-electron chi connectivity index (χ0n) is 11.7. The minimum Gasteiger partial charge on any atom is -0.483 e. The fourth-order valence-electron chi connectivity index (χ4n) is 1.82. The highest BCUT2D eigenvalue weighted by atomic mass is 79.9. The molecule has 0 radical (unpaired) electrons. The van der Waals surface area contributed by atoms with Gasteiger partial charge in [0.15, 0.2) is 6.61 Å². The number of halogens is 2. The van der Waals surface area contributed by atoms with Crippen molar-refractivity contribution in [2.24, 2.45) is 0 Å². The average molecular weight is 457 g/mol. The number of nitrogens with one attached hydrogen (secondary N) is 2. The van der Waals surface area contributed by atoms with Gasteiger partial charge in [-0.25, -0.2) is 4.98 Å². The van der Waals surface area contributed by atoms with Crippen LogP contribution in [0.2, 0.25) is 0 Å². The van der Waals surface area contributed by atoms with E-state index in [9.17, 15) is 4.79 Å². The monoisotopic (exact) mass is 455 g/mol. The molecule has 0 aliphatic carbocycles. The molecule has 0 spiro atoms. The topological polar surface area (TPSA) is 63.2 Å². The molecule has 3 aromatic rings. The van der Waals surface area contributed by atoms with Crippen molar-refractivity contribution in [1.29, 1.82) is 0 Å². The first-order valence-electron chi connectivity index (χ1n) is 6.60. The Bertz CT molecular complexity index is 821. The largest absolute Gasteiger partial charge is 0.483 e. The van der Waals surface area contributed by atoms with E-state index < -0.39 is 0 Å². The molecule has 1 amide bonds. The Morgan fingerprint density at radius 1 is 1.22 bits per heavy atom. The van der Waals surface area contributed by atoms with Gasteiger partial charge in [-0.2, -0.15) is 0 Å². The van der Waals surface area contributed by atoms with E-state index in [1.54, 1.807) is 6.07 Å². The van der Waals surface area contributed by atoms with Crippen LogP contribution in [0.1, 0.15) is 0 Å². The average Bonchev–Trinajstić information content (AvgIpc) is 2.95. The van der Waals surface area contributed by atoms with Crippen molar-refractivity contribution < 1.29 is 9.53 Å². The molecule has 3 rings (SSSR count). The number of hydrogen-bond donors (Lipinski definition) is 2. The molecule has 1 heterocycles. The van der Waals surface area contributed by atoms with E-state index in [4.69, 9.17) is 4.74 Å². The summed E-state index contributed by atoms with van der Waals surface area (Å²) in [6.07, 6.45) is 0. The van der Waals surface area contributed by atoms with Crippen molar-refractivity contribution in [1.82, 2.24) is 10.4 Å². The third-order valence-electron chi connectivity index (χ3n) is 2.86. The van der Waals surface area contributed by atoms with Crippen molar-refractivity contribution in [3.63, 3.8) is 0 Å². The molecule has 0 aliphatic rings. The first-order valence-corrected chi connectivity index (χ1v) is 9.00. The first kappa shape index (κ1) is 16.2. The van der Waals surface area contributed by atoms with E-state index >= 15 is 0 Å². The van der Waals surface area contributed by atoms with Crippen LogP contribution in [0.25, 0.3) is 10.2 Å². The minimum atomic E-state index is -0.293. The van der Waals surface area contributed by atoms with Crippen molar-refractivity contribution in [2.45, 2.75) is 0 Å².